The highest BCUT2D eigenvalue weighted by Crippen LogP contribution is 2.20. The molecule has 16 heavy (non-hydrogen) atoms. The lowest BCUT2D eigenvalue weighted by atomic mass is 9.85. The van der Waals surface area contributed by atoms with E-state index >= 15 is 0 Å². The number of ketones is 1. The zero-order chi connectivity index (χ0) is 12.1. The number of aromatic nitrogens is 2. The van der Waals surface area contributed by atoms with E-state index in [0.29, 0.717) is 11.7 Å². The normalized spacial score (nSPS) is 13.4. The number of hydrogen-bond donors (Lipinski definition) is 1. The van der Waals surface area contributed by atoms with Crippen LogP contribution in [-0.2, 0) is 11.2 Å². The van der Waals surface area contributed by atoms with E-state index in [4.69, 9.17) is 0 Å². The first-order valence-corrected chi connectivity index (χ1v) is 6.01. The molecule has 1 heterocycles. The van der Waals surface area contributed by atoms with Gasteiger partial charge >= 0.3 is 0 Å². The van der Waals surface area contributed by atoms with E-state index < -0.39 is 0 Å². The third kappa shape index (κ3) is 3.80. The van der Waals surface area contributed by atoms with Crippen LogP contribution in [0.2, 0.25) is 0 Å². The number of Topliss-reactive ketones (excluding diaryl/α,β-unsaturated/α-hetero) is 1. The lowest BCUT2D eigenvalue weighted by Gasteiger charge is -2.19. The second kappa shape index (κ2) is 5.83. The molecule has 1 aromatic heterocycles. The molecule has 0 aliphatic rings. The van der Waals surface area contributed by atoms with Gasteiger partial charge in [0.1, 0.15) is 5.78 Å². The van der Waals surface area contributed by atoms with E-state index in [1.165, 1.54) is 0 Å². The molecule has 3 nitrogen and oxygen atoms in total. The van der Waals surface area contributed by atoms with Crippen LogP contribution in [0, 0.1) is 17.8 Å². The highest BCUT2D eigenvalue weighted by molar-refractivity contribution is 5.83. The van der Waals surface area contributed by atoms with Crippen molar-refractivity contribution >= 4 is 5.78 Å². The quantitative estimate of drug-likeness (QED) is 0.804. The number of imidazole rings is 1. The molecule has 1 atom stereocenters. The molecule has 0 aliphatic heterocycles. The first-order valence-electron chi connectivity index (χ1n) is 6.01. The van der Waals surface area contributed by atoms with Crippen molar-refractivity contribution in [3.63, 3.8) is 0 Å². The molecule has 90 valence electrons. The van der Waals surface area contributed by atoms with Gasteiger partial charge in [0.2, 0.25) is 0 Å². The first kappa shape index (κ1) is 12.9. The van der Waals surface area contributed by atoms with Gasteiger partial charge in [0.25, 0.3) is 0 Å². The Balaban J connectivity index is 2.67. The van der Waals surface area contributed by atoms with Gasteiger partial charge in [-0.15, -0.1) is 0 Å². The molecule has 0 aromatic carbocycles. The Labute approximate surface area is 97.7 Å². The predicted molar refractivity (Wildman–Crippen MR) is 65.1 cm³/mol. The van der Waals surface area contributed by atoms with Gasteiger partial charge in [0.15, 0.2) is 0 Å². The molecule has 1 rings (SSSR count). The Morgan fingerprint density at radius 2 is 2.06 bits per heavy atom. The standard InChI is InChI=1S/C13H22N2O/c1-9(2)5-11(13(16)10(3)4)6-12-7-14-8-15-12/h7-11H,5-6H2,1-4H3,(H,14,15)/t11-/m0/s1. The highest BCUT2D eigenvalue weighted by Gasteiger charge is 2.22. The van der Waals surface area contributed by atoms with Crippen molar-refractivity contribution in [3.8, 4) is 0 Å². The molecule has 1 aromatic rings. The summed E-state index contributed by atoms with van der Waals surface area (Å²) < 4.78 is 0. The maximum atomic E-state index is 12.1. The number of carbonyl (C=O) groups excluding carboxylic acids is 1. The Hall–Kier alpha value is -1.12. The number of rotatable bonds is 6. The molecule has 0 amide bonds. The average Bonchev–Trinajstić information content (AvgIpc) is 2.67. The Bertz CT molecular complexity index is 315. The van der Waals surface area contributed by atoms with Crippen LogP contribution in [0.4, 0.5) is 0 Å². The fourth-order valence-corrected chi connectivity index (χ4v) is 2.00. The minimum absolute atomic E-state index is 0.117. The second-order valence-electron chi connectivity index (χ2n) is 5.16. The van der Waals surface area contributed by atoms with Gasteiger partial charge in [-0.3, -0.25) is 4.79 Å². The van der Waals surface area contributed by atoms with E-state index in [1.54, 1.807) is 12.5 Å². The third-order valence-corrected chi connectivity index (χ3v) is 2.75. The van der Waals surface area contributed by atoms with Crippen LogP contribution in [-0.4, -0.2) is 15.8 Å². The number of carbonyl (C=O) groups is 1. The number of aromatic amines is 1. The SMILES string of the molecule is CC(C)C[C@@H](Cc1cnc[nH]1)C(=O)C(C)C. The summed E-state index contributed by atoms with van der Waals surface area (Å²) in [5, 5.41) is 0. The molecule has 0 fully saturated rings. The second-order valence-corrected chi connectivity index (χ2v) is 5.16. The van der Waals surface area contributed by atoms with Crippen molar-refractivity contribution < 1.29 is 4.79 Å². The Morgan fingerprint density at radius 1 is 1.38 bits per heavy atom. The van der Waals surface area contributed by atoms with Gasteiger partial charge in [-0.05, 0) is 18.8 Å². The third-order valence-electron chi connectivity index (χ3n) is 2.75. The zero-order valence-electron chi connectivity index (χ0n) is 10.7. The monoisotopic (exact) mass is 222 g/mol. The fourth-order valence-electron chi connectivity index (χ4n) is 2.00. The van der Waals surface area contributed by atoms with Gasteiger partial charge in [-0.2, -0.15) is 0 Å². The van der Waals surface area contributed by atoms with Crippen LogP contribution in [0.5, 0.6) is 0 Å². The first-order chi connectivity index (χ1) is 7.50. The van der Waals surface area contributed by atoms with Crippen LogP contribution in [0.15, 0.2) is 12.5 Å². The maximum absolute atomic E-state index is 12.1. The number of hydrogen-bond acceptors (Lipinski definition) is 2. The lowest BCUT2D eigenvalue weighted by molar-refractivity contribution is -0.126. The number of H-pyrrole nitrogens is 1. The molecule has 0 saturated carbocycles. The Morgan fingerprint density at radius 3 is 2.50 bits per heavy atom. The number of nitrogens with zero attached hydrogens (tertiary/aromatic N) is 1. The molecule has 0 radical (unpaired) electrons. The van der Waals surface area contributed by atoms with Crippen LogP contribution >= 0.6 is 0 Å². The fraction of sp³-hybridized carbons (Fsp3) is 0.692. The van der Waals surface area contributed by atoms with Gasteiger partial charge in [-0.1, -0.05) is 27.7 Å². The molecule has 0 bridgehead atoms. The van der Waals surface area contributed by atoms with E-state index in [1.807, 2.05) is 13.8 Å². The van der Waals surface area contributed by atoms with Crippen molar-refractivity contribution in [2.24, 2.45) is 17.8 Å². The molecule has 1 N–H and O–H groups in total. The summed E-state index contributed by atoms with van der Waals surface area (Å²) >= 11 is 0. The summed E-state index contributed by atoms with van der Waals surface area (Å²) in [6.45, 7) is 8.27. The van der Waals surface area contributed by atoms with Crippen LogP contribution in [0.3, 0.4) is 0 Å². The van der Waals surface area contributed by atoms with Gasteiger partial charge in [0.05, 0.1) is 6.33 Å². The lowest BCUT2D eigenvalue weighted by Crippen LogP contribution is -2.23. The maximum Gasteiger partial charge on any atom is 0.138 e. The van der Waals surface area contributed by atoms with Crippen molar-refractivity contribution in [1.29, 1.82) is 0 Å². The molecule has 0 saturated heterocycles. The molecule has 0 aliphatic carbocycles. The van der Waals surface area contributed by atoms with E-state index in [9.17, 15) is 4.79 Å². The minimum atomic E-state index is 0.117. The van der Waals surface area contributed by atoms with Crippen LogP contribution in [0.25, 0.3) is 0 Å². The molecule has 3 heteroatoms. The molecule has 0 spiro atoms. The highest BCUT2D eigenvalue weighted by atomic mass is 16.1. The summed E-state index contributed by atoms with van der Waals surface area (Å²) in [6.07, 6.45) is 5.22. The smallest absolute Gasteiger partial charge is 0.138 e. The van der Waals surface area contributed by atoms with Crippen LogP contribution in [0.1, 0.15) is 39.8 Å². The summed E-state index contributed by atoms with van der Waals surface area (Å²) in [4.78, 5) is 19.1. The van der Waals surface area contributed by atoms with Crippen molar-refractivity contribution in [2.45, 2.75) is 40.5 Å². The van der Waals surface area contributed by atoms with E-state index in [-0.39, 0.29) is 11.8 Å². The molecular formula is C13H22N2O. The summed E-state index contributed by atoms with van der Waals surface area (Å²) in [5.74, 6) is 1.16. The molecule has 0 unspecified atom stereocenters. The Kier molecular flexibility index (Phi) is 4.71. The summed E-state index contributed by atoms with van der Waals surface area (Å²) in [6, 6.07) is 0. The van der Waals surface area contributed by atoms with Crippen molar-refractivity contribution in [3.05, 3.63) is 18.2 Å². The summed E-state index contributed by atoms with van der Waals surface area (Å²) in [5.41, 5.74) is 1.06. The van der Waals surface area contributed by atoms with Gasteiger partial charge < -0.3 is 4.98 Å². The average molecular weight is 222 g/mol. The van der Waals surface area contributed by atoms with Crippen molar-refractivity contribution in [1.82, 2.24) is 9.97 Å². The van der Waals surface area contributed by atoms with E-state index in [2.05, 4.69) is 23.8 Å². The van der Waals surface area contributed by atoms with Gasteiger partial charge in [-0.25, -0.2) is 4.98 Å². The minimum Gasteiger partial charge on any atom is -0.348 e. The summed E-state index contributed by atoms with van der Waals surface area (Å²) in [7, 11) is 0. The van der Waals surface area contributed by atoms with Gasteiger partial charge in [0, 0.05) is 23.7 Å². The predicted octanol–water partition coefficient (Wildman–Crippen LogP) is 2.84. The molecular weight excluding hydrogens is 200 g/mol. The largest absolute Gasteiger partial charge is 0.348 e. The van der Waals surface area contributed by atoms with Crippen LogP contribution < -0.4 is 0 Å². The zero-order valence-corrected chi connectivity index (χ0v) is 10.7. The van der Waals surface area contributed by atoms with E-state index in [0.717, 1.165) is 18.5 Å². The number of nitrogens with one attached hydrogen (secondary N) is 1. The van der Waals surface area contributed by atoms with Crippen molar-refractivity contribution in [2.75, 3.05) is 0 Å². The topological polar surface area (TPSA) is 45.8 Å².